The first-order chi connectivity index (χ1) is 9.22. The van der Waals surface area contributed by atoms with Crippen molar-refractivity contribution in [3.8, 4) is 5.75 Å². The summed E-state index contributed by atoms with van der Waals surface area (Å²) < 4.78 is 10.7. The van der Waals surface area contributed by atoms with E-state index in [-0.39, 0.29) is 19.8 Å². The predicted molar refractivity (Wildman–Crippen MR) is 71.1 cm³/mol. The van der Waals surface area contributed by atoms with E-state index >= 15 is 0 Å². The van der Waals surface area contributed by atoms with Crippen LogP contribution >= 0.6 is 0 Å². The van der Waals surface area contributed by atoms with Gasteiger partial charge in [0.2, 0.25) is 0 Å². The molecule has 5 heteroatoms. The summed E-state index contributed by atoms with van der Waals surface area (Å²) >= 11 is 0. The Morgan fingerprint density at radius 3 is 2.32 bits per heavy atom. The van der Waals surface area contributed by atoms with Crippen molar-refractivity contribution in [1.82, 2.24) is 0 Å². The van der Waals surface area contributed by atoms with Crippen LogP contribution in [0.1, 0.15) is 25.0 Å². The van der Waals surface area contributed by atoms with Gasteiger partial charge < -0.3 is 24.8 Å². The zero-order valence-electron chi connectivity index (χ0n) is 11.2. The van der Waals surface area contributed by atoms with Crippen LogP contribution in [0.5, 0.6) is 5.75 Å². The summed E-state index contributed by atoms with van der Waals surface area (Å²) in [6.07, 6.45) is -0.809. The standard InChI is InChI=1S/C14H22O5/c1-2-18-13(7-8-15)14(17)11-3-5-12(6-4-11)19-10-9-16/h3-6,13-17H,2,7-10H2,1H3/t13-,14-/m0/s1. The fraction of sp³-hybridized carbons (Fsp3) is 0.571. The number of hydrogen-bond donors (Lipinski definition) is 3. The van der Waals surface area contributed by atoms with Crippen LogP contribution < -0.4 is 4.74 Å². The minimum atomic E-state index is -0.779. The third-order valence-electron chi connectivity index (χ3n) is 2.73. The molecule has 3 N–H and O–H groups in total. The molecule has 0 aromatic heterocycles. The monoisotopic (exact) mass is 270 g/mol. The summed E-state index contributed by atoms with van der Waals surface area (Å²) in [5.41, 5.74) is 0.711. The summed E-state index contributed by atoms with van der Waals surface area (Å²) in [7, 11) is 0. The van der Waals surface area contributed by atoms with E-state index in [0.717, 1.165) is 0 Å². The molecular weight excluding hydrogens is 248 g/mol. The lowest BCUT2D eigenvalue weighted by atomic mass is 10.0. The molecule has 0 heterocycles. The van der Waals surface area contributed by atoms with Crippen molar-refractivity contribution in [1.29, 1.82) is 0 Å². The Labute approximate surface area is 113 Å². The molecule has 19 heavy (non-hydrogen) atoms. The molecule has 1 aromatic rings. The quantitative estimate of drug-likeness (QED) is 0.621. The maximum absolute atomic E-state index is 10.2. The van der Waals surface area contributed by atoms with Crippen molar-refractivity contribution in [2.75, 3.05) is 26.4 Å². The zero-order valence-corrected chi connectivity index (χ0v) is 11.2. The average molecular weight is 270 g/mol. The Bertz CT molecular complexity index is 332. The molecule has 5 nitrogen and oxygen atoms in total. The van der Waals surface area contributed by atoms with Gasteiger partial charge in [0, 0.05) is 13.2 Å². The molecule has 0 radical (unpaired) electrons. The summed E-state index contributed by atoms with van der Waals surface area (Å²) in [4.78, 5) is 0. The highest BCUT2D eigenvalue weighted by Gasteiger charge is 2.20. The number of ether oxygens (including phenoxy) is 2. The highest BCUT2D eigenvalue weighted by Crippen LogP contribution is 2.23. The topological polar surface area (TPSA) is 79.2 Å². The Morgan fingerprint density at radius 1 is 1.11 bits per heavy atom. The van der Waals surface area contributed by atoms with Crippen LogP contribution in [0.25, 0.3) is 0 Å². The highest BCUT2D eigenvalue weighted by molar-refractivity contribution is 5.29. The van der Waals surface area contributed by atoms with E-state index < -0.39 is 12.2 Å². The number of aliphatic hydroxyl groups excluding tert-OH is 3. The van der Waals surface area contributed by atoms with Gasteiger partial charge in [-0.25, -0.2) is 0 Å². The second kappa shape index (κ2) is 8.87. The van der Waals surface area contributed by atoms with E-state index in [1.54, 1.807) is 24.3 Å². The first kappa shape index (κ1) is 15.9. The normalized spacial score (nSPS) is 14.1. The first-order valence-electron chi connectivity index (χ1n) is 6.47. The van der Waals surface area contributed by atoms with Crippen molar-refractivity contribution >= 4 is 0 Å². The molecule has 0 aliphatic heterocycles. The second-order valence-corrected chi connectivity index (χ2v) is 4.09. The van der Waals surface area contributed by atoms with Gasteiger partial charge >= 0.3 is 0 Å². The van der Waals surface area contributed by atoms with Crippen LogP contribution in [0.3, 0.4) is 0 Å². The fourth-order valence-corrected chi connectivity index (χ4v) is 1.81. The number of hydrogen-bond acceptors (Lipinski definition) is 5. The molecule has 108 valence electrons. The summed E-state index contributed by atoms with van der Waals surface area (Å²) in [6.45, 7) is 2.52. The van der Waals surface area contributed by atoms with Crippen LogP contribution in [0.15, 0.2) is 24.3 Å². The van der Waals surface area contributed by atoms with Crippen molar-refractivity contribution in [2.45, 2.75) is 25.6 Å². The molecule has 2 atom stereocenters. The number of rotatable bonds is 9. The molecule has 1 aromatic carbocycles. The van der Waals surface area contributed by atoms with Gasteiger partial charge in [0.1, 0.15) is 18.5 Å². The lowest BCUT2D eigenvalue weighted by Gasteiger charge is -2.22. The molecule has 1 rings (SSSR count). The van der Waals surface area contributed by atoms with E-state index in [0.29, 0.717) is 24.3 Å². The molecular formula is C14H22O5. The van der Waals surface area contributed by atoms with Gasteiger partial charge in [0.15, 0.2) is 0 Å². The molecule has 0 saturated heterocycles. The second-order valence-electron chi connectivity index (χ2n) is 4.09. The lowest BCUT2D eigenvalue weighted by molar-refractivity contribution is -0.0448. The molecule has 0 fully saturated rings. The van der Waals surface area contributed by atoms with E-state index in [9.17, 15) is 5.11 Å². The highest BCUT2D eigenvalue weighted by atomic mass is 16.5. The molecule has 0 saturated carbocycles. The molecule has 0 spiro atoms. The molecule has 0 aliphatic carbocycles. The molecule has 0 amide bonds. The van der Waals surface area contributed by atoms with E-state index in [1.807, 2.05) is 6.92 Å². The Hall–Kier alpha value is -1.14. The maximum atomic E-state index is 10.2. The van der Waals surface area contributed by atoms with Crippen LogP contribution in [0.2, 0.25) is 0 Å². The van der Waals surface area contributed by atoms with Crippen LogP contribution in [0, 0.1) is 0 Å². The third kappa shape index (κ3) is 5.16. The van der Waals surface area contributed by atoms with E-state index in [2.05, 4.69) is 0 Å². The van der Waals surface area contributed by atoms with Gasteiger partial charge in [-0.05, 0) is 31.0 Å². The average Bonchev–Trinajstić information content (AvgIpc) is 2.44. The predicted octanol–water partition coefficient (Wildman–Crippen LogP) is 0.879. The SMILES string of the molecule is CCO[C@@H](CCO)[C@@H](O)c1ccc(OCCO)cc1. The van der Waals surface area contributed by atoms with Crippen LogP contribution in [-0.4, -0.2) is 47.9 Å². The van der Waals surface area contributed by atoms with Gasteiger partial charge in [-0.15, -0.1) is 0 Å². The zero-order chi connectivity index (χ0) is 14.1. The van der Waals surface area contributed by atoms with Gasteiger partial charge in [-0.3, -0.25) is 0 Å². The third-order valence-corrected chi connectivity index (χ3v) is 2.73. The first-order valence-corrected chi connectivity index (χ1v) is 6.47. The van der Waals surface area contributed by atoms with Gasteiger partial charge in [0.05, 0.1) is 12.7 Å². The molecule has 0 unspecified atom stereocenters. The fourth-order valence-electron chi connectivity index (χ4n) is 1.81. The molecule has 0 bridgehead atoms. The smallest absolute Gasteiger partial charge is 0.119 e. The Kier molecular flexibility index (Phi) is 7.43. The van der Waals surface area contributed by atoms with Crippen molar-refractivity contribution in [2.24, 2.45) is 0 Å². The maximum Gasteiger partial charge on any atom is 0.119 e. The van der Waals surface area contributed by atoms with Crippen molar-refractivity contribution in [3.05, 3.63) is 29.8 Å². The summed E-state index contributed by atoms with van der Waals surface area (Å²) in [6, 6.07) is 6.97. The number of benzene rings is 1. The Balaban J connectivity index is 2.66. The Morgan fingerprint density at radius 2 is 1.79 bits per heavy atom. The number of aliphatic hydroxyl groups is 3. The van der Waals surface area contributed by atoms with Crippen molar-refractivity contribution in [3.63, 3.8) is 0 Å². The summed E-state index contributed by atoms with van der Waals surface area (Å²) in [5, 5.41) is 27.8. The van der Waals surface area contributed by atoms with Crippen LogP contribution in [0.4, 0.5) is 0 Å². The van der Waals surface area contributed by atoms with Crippen molar-refractivity contribution < 1.29 is 24.8 Å². The lowest BCUT2D eigenvalue weighted by Crippen LogP contribution is -2.23. The largest absolute Gasteiger partial charge is 0.491 e. The summed E-state index contributed by atoms with van der Waals surface area (Å²) in [5.74, 6) is 0.639. The van der Waals surface area contributed by atoms with Gasteiger partial charge in [-0.2, -0.15) is 0 Å². The van der Waals surface area contributed by atoms with Gasteiger partial charge in [-0.1, -0.05) is 12.1 Å². The van der Waals surface area contributed by atoms with Crippen LogP contribution in [-0.2, 0) is 4.74 Å². The van der Waals surface area contributed by atoms with E-state index in [4.69, 9.17) is 19.7 Å². The van der Waals surface area contributed by atoms with Gasteiger partial charge in [0.25, 0.3) is 0 Å². The minimum Gasteiger partial charge on any atom is -0.491 e. The minimum absolute atomic E-state index is 0.0284. The molecule has 0 aliphatic rings. The van der Waals surface area contributed by atoms with E-state index in [1.165, 1.54) is 0 Å².